The van der Waals surface area contributed by atoms with E-state index in [1.54, 1.807) is 6.20 Å². The second kappa shape index (κ2) is 6.15. The Balaban J connectivity index is 1.55. The molecule has 2 heterocycles. The Morgan fingerprint density at radius 3 is 3.10 bits per heavy atom. The first kappa shape index (κ1) is 13.3. The van der Waals surface area contributed by atoms with Crippen molar-refractivity contribution in [2.75, 3.05) is 11.9 Å². The van der Waals surface area contributed by atoms with E-state index in [0.29, 0.717) is 0 Å². The van der Waals surface area contributed by atoms with Crippen LogP contribution in [0.2, 0.25) is 5.02 Å². The average molecular weight is 305 g/mol. The largest absolute Gasteiger partial charge is 0.355 e. The Bertz CT molecular complexity index is 630. The van der Waals surface area contributed by atoms with E-state index < -0.39 is 0 Å². The van der Waals surface area contributed by atoms with Crippen LogP contribution in [0.3, 0.4) is 0 Å². The van der Waals surface area contributed by atoms with E-state index in [2.05, 4.69) is 26.1 Å². The monoisotopic (exact) mass is 304 g/mol. The third kappa shape index (κ3) is 3.23. The van der Waals surface area contributed by atoms with Gasteiger partial charge >= 0.3 is 0 Å². The predicted molar refractivity (Wildman–Crippen MR) is 84.3 cm³/mol. The maximum absolute atomic E-state index is 5.95. The Kier molecular flexibility index (Phi) is 4.08. The molecule has 0 bridgehead atoms. The summed E-state index contributed by atoms with van der Waals surface area (Å²) in [6, 6.07) is 9.75. The molecule has 0 amide bonds. The molecule has 2 N–H and O–H groups in total. The van der Waals surface area contributed by atoms with Gasteiger partial charge in [-0.25, -0.2) is 0 Å². The van der Waals surface area contributed by atoms with Crippen molar-refractivity contribution >= 4 is 35.2 Å². The normalized spacial score (nSPS) is 13.2. The molecular formula is C14H13ClN4S. The van der Waals surface area contributed by atoms with Crippen LogP contribution in [0.25, 0.3) is 0 Å². The zero-order valence-electron chi connectivity index (χ0n) is 10.6. The van der Waals surface area contributed by atoms with Crippen molar-refractivity contribution in [2.45, 2.75) is 11.3 Å². The predicted octanol–water partition coefficient (Wildman–Crippen LogP) is 3.36. The zero-order chi connectivity index (χ0) is 13.8. The Labute approximate surface area is 126 Å². The molecule has 102 valence electrons. The molecular weight excluding hydrogens is 292 g/mol. The van der Waals surface area contributed by atoms with Crippen molar-refractivity contribution < 1.29 is 0 Å². The molecule has 1 aromatic heterocycles. The molecule has 0 aliphatic carbocycles. The minimum atomic E-state index is 0.723. The molecule has 1 aliphatic heterocycles. The van der Waals surface area contributed by atoms with Crippen LogP contribution in [0.15, 0.2) is 52.0 Å². The quantitative estimate of drug-likeness (QED) is 0.854. The summed E-state index contributed by atoms with van der Waals surface area (Å²) in [5.74, 6) is 0.772. The van der Waals surface area contributed by atoms with Gasteiger partial charge < -0.3 is 10.6 Å². The number of halogens is 1. The van der Waals surface area contributed by atoms with Gasteiger partial charge in [0.15, 0.2) is 0 Å². The first-order valence-corrected chi connectivity index (χ1v) is 7.41. The van der Waals surface area contributed by atoms with Gasteiger partial charge in [-0.05, 0) is 36.2 Å². The van der Waals surface area contributed by atoms with Crippen LogP contribution < -0.4 is 10.6 Å². The topological polar surface area (TPSA) is 49.3 Å². The van der Waals surface area contributed by atoms with Gasteiger partial charge in [0.1, 0.15) is 0 Å². The van der Waals surface area contributed by atoms with Gasteiger partial charge in [-0.3, -0.25) is 4.98 Å². The molecule has 6 heteroatoms. The number of pyridine rings is 1. The number of hydrogen-bond donors (Lipinski definition) is 2. The van der Waals surface area contributed by atoms with Crippen molar-refractivity contribution in [3.8, 4) is 0 Å². The molecule has 0 atom stereocenters. The summed E-state index contributed by atoms with van der Waals surface area (Å²) in [6.07, 6.45) is 4.57. The number of hydrogen-bond acceptors (Lipinski definition) is 5. The van der Waals surface area contributed by atoms with Crippen molar-refractivity contribution in [3.05, 3.63) is 53.3 Å². The van der Waals surface area contributed by atoms with E-state index in [1.807, 2.05) is 30.5 Å². The number of nitrogens with zero attached hydrogens (tertiary/aromatic N) is 2. The molecule has 0 radical (unpaired) electrons. The second-order valence-corrected chi connectivity index (χ2v) is 5.58. The number of rotatable bonds is 3. The van der Waals surface area contributed by atoms with Gasteiger partial charge in [0.2, 0.25) is 5.96 Å². The molecule has 0 fully saturated rings. The fraction of sp³-hybridized carbons (Fsp3) is 0.143. The standard InChI is InChI=1S/C14H13ClN4S/c15-11-3-4-12-13(8-11)20-19-14(18-12)17-7-5-10-2-1-6-16-9-10/h1-4,6,8-9H,5,7H2,(H2,17,18,19). The van der Waals surface area contributed by atoms with Crippen LogP contribution in [0.1, 0.15) is 5.56 Å². The van der Waals surface area contributed by atoms with Gasteiger partial charge in [-0.2, -0.15) is 4.40 Å². The first-order valence-electron chi connectivity index (χ1n) is 6.25. The highest BCUT2D eigenvalue weighted by atomic mass is 35.5. The molecule has 1 aliphatic rings. The fourth-order valence-electron chi connectivity index (χ4n) is 1.87. The van der Waals surface area contributed by atoms with Crippen LogP contribution >= 0.6 is 23.5 Å². The number of benzene rings is 1. The molecule has 0 unspecified atom stereocenters. The molecule has 0 saturated carbocycles. The maximum atomic E-state index is 5.95. The molecule has 0 spiro atoms. The number of guanidine groups is 1. The van der Waals surface area contributed by atoms with E-state index in [-0.39, 0.29) is 0 Å². The number of nitrogens with one attached hydrogen (secondary N) is 2. The molecule has 0 saturated heterocycles. The van der Waals surface area contributed by atoms with Crippen molar-refractivity contribution in [1.29, 1.82) is 0 Å². The highest BCUT2D eigenvalue weighted by Gasteiger charge is 2.12. The highest BCUT2D eigenvalue weighted by molar-refractivity contribution is 7.98. The van der Waals surface area contributed by atoms with Gasteiger partial charge in [0.05, 0.1) is 10.6 Å². The molecule has 20 heavy (non-hydrogen) atoms. The van der Waals surface area contributed by atoms with Crippen molar-refractivity contribution in [3.63, 3.8) is 0 Å². The van der Waals surface area contributed by atoms with E-state index in [4.69, 9.17) is 11.6 Å². The van der Waals surface area contributed by atoms with Gasteiger partial charge in [0, 0.05) is 35.9 Å². The van der Waals surface area contributed by atoms with Crippen LogP contribution in [0, 0.1) is 0 Å². The SMILES string of the molecule is Clc1ccc2c(c1)SN=C(NCCc1cccnc1)N2. The van der Waals surface area contributed by atoms with Crippen LogP contribution in [0.5, 0.6) is 0 Å². The summed E-state index contributed by atoms with van der Waals surface area (Å²) in [5.41, 5.74) is 2.23. The highest BCUT2D eigenvalue weighted by Crippen LogP contribution is 2.33. The Morgan fingerprint density at radius 1 is 1.30 bits per heavy atom. The lowest BCUT2D eigenvalue weighted by molar-refractivity contribution is 0.860. The third-order valence-electron chi connectivity index (χ3n) is 2.86. The minimum Gasteiger partial charge on any atom is -0.355 e. The van der Waals surface area contributed by atoms with E-state index in [1.165, 1.54) is 17.5 Å². The smallest absolute Gasteiger partial charge is 0.207 e. The molecule has 4 nitrogen and oxygen atoms in total. The number of fused-ring (bicyclic) bond motifs is 1. The van der Waals surface area contributed by atoms with Gasteiger partial charge in [0.25, 0.3) is 0 Å². The summed E-state index contributed by atoms with van der Waals surface area (Å²) in [7, 11) is 0. The van der Waals surface area contributed by atoms with E-state index in [0.717, 1.165) is 34.5 Å². The van der Waals surface area contributed by atoms with Crippen molar-refractivity contribution in [2.24, 2.45) is 4.40 Å². The molecule has 1 aromatic carbocycles. The van der Waals surface area contributed by atoms with E-state index >= 15 is 0 Å². The molecule has 2 aromatic rings. The summed E-state index contributed by atoms with van der Waals surface area (Å²) >= 11 is 7.38. The Hall–Kier alpha value is -1.72. The summed E-state index contributed by atoms with van der Waals surface area (Å²) in [6.45, 7) is 0.807. The number of anilines is 1. The maximum Gasteiger partial charge on any atom is 0.207 e. The second-order valence-electron chi connectivity index (χ2n) is 4.33. The Morgan fingerprint density at radius 2 is 2.25 bits per heavy atom. The summed E-state index contributed by atoms with van der Waals surface area (Å²) < 4.78 is 4.38. The van der Waals surface area contributed by atoms with Crippen LogP contribution in [-0.4, -0.2) is 17.5 Å². The summed E-state index contributed by atoms with van der Waals surface area (Å²) in [5, 5.41) is 7.26. The molecule has 3 rings (SSSR count). The number of aromatic nitrogens is 1. The van der Waals surface area contributed by atoms with Crippen LogP contribution in [0.4, 0.5) is 5.69 Å². The zero-order valence-corrected chi connectivity index (χ0v) is 12.2. The van der Waals surface area contributed by atoms with Crippen molar-refractivity contribution in [1.82, 2.24) is 10.3 Å². The third-order valence-corrected chi connectivity index (χ3v) is 3.90. The lowest BCUT2D eigenvalue weighted by atomic mass is 10.2. The first-order chi connectivity index (χ1) is 9.81. The van der Waals surface area contributed by atoms with Gasteiger partial charge in [-0.15, -0.1) is 0 Å². The minimum absolute atomic E-state index is 0.723. The average Bonchev–Trinajstić information content (AvgIpc) is 2.48. The summed E-state index contributed by atoms with van der Waals surface area (Å²) in [4.78, 5) is 5.14. The fourth-order valence-corrected chi connectivity index (χ4v) is 2.80. The van der Waals surface area contributed by atoms with Gasteiger partial charge in [-0.1, -0.05) is 17.7 Å². The lowest BCUT2D eigenvalue weighted by Gasteiger charge is -2.18. The lowest BCUT2D eigenvalue weighted by Crippen LogP contribution is -2.33. The van der Waals surface area contributed by atoms with E-state index in [9.17, 15) is 0 Å². The van der Waals surface area contributed by atoms with Crippen LogP contribution in [-0.2, 0) is 6.42 Å².